The van der Waals surface area contributed by atoms with Crippen molar-refractivity contribution in [2.75, 3.05) is 6.54 Å². The molecule has 0 radical (unpaired) electrons. The monoisotopic (exact) mass is 319 g/mol. The minimum atomic E-state index is -0.364. The summed E-state index contributed by atoms with van der Waals surface area (Å²) in [6.07, 6.45) is 0.292. The van der Waals surface area contributed by atoms with Crippen LogP contribution in [0.4, 0.5) is 0 Å². The van der Waals surface area contributed by atoms with Crippen LogP contribution in [0.25, 0.3) is 11.3 Å². The van der Waals surface area contributed by atoms with Crippen LogP contribution < -0.4 is 5.32 Å². The van der Waals surface area contributed by atoms with Gasteiger partial charge in [-0.2, -0.15) is 10.2 Å². The molecule has 0 aromatic carbocycles. The second-order valence-electron chi connectivity index (χ2n) is 6.24. The summed E-state index contributed by atoms with van der Waals surface area (Å²) >= 11 is 0. The number of hydrogen-bond donors (Lipinski definition) is 3. The zero-order valence-electron chi connectivity index (χ0n) is 14.3. The summed E-state index contributed by atoms with van der Waals surface area (Å²) in [7, 11) is 1.88. The molecule has 0 fully saturated rings. The number of carbonyl (C=O) groups is 1. The third-order valence-corrected chi connectivity index (χ3v) is 3.94. The van der Waals surface area contributed by atoms with Crippen molar-refractivity contribution in [2.45, 2.75) is 40.2 Å². The summed E-state index contributed by atoms with van der Waals surface area (Å²) in [4.78, 5) is 12.2. The summed E-state index contributed by atoms with van der Waals surface area (Å²) in [6, 6.07) is 1.74. The number of aryl methyl sites for hydroxylation is 2. The smallest absolute Gasteiger partial charge is 0.269 e. The number of aromatic nitrogens is 4. The predicted molar refractivity (Wildman–Crippen MR) is 88.1 cm³/mol. The highest BCUT2D eigenvalue weighted by Gasteiger charge is 2.17. The van der Waals surface area contributed by atoms with Crippen LogP contribution in [-0.4, -0.2) is 43.6 Å². The molecule has 126 valence electrons. The van der Waals surface area contributed by atoms with Crippen molar-refractivity contribution < 1.29 is 9.90 Å². The highest BCUT2D eigenvalue weighted by molar-refractivity contribution is 5.93. The van der Waals surface area contributed by atoms with Gasteiger partial charge in [-0.1, -0.05) is 6.92 Å². The molecule has 2 aromatic heterocycles. The van der Waals surface area contributed by atoms with Crippen LogP contribution >= 0.6 is 0 Å². The fraction of sp³-hybridized carbons (Fsp3) is 0.562. The number of nitrogens with zero attached hydrogens (tertiary/aromatic N) is 3. The highest BCUT2D eigenvalue weighted by atomic mass is 16.3. The molecule has 0 saturated heterocycles. The van der Waals surface area contributed by atoms with Gasteiger partial charge in [0.05, 0.1) is 17.5 Å². The molecule has 0 aliphatic heterocycles. The third kappa shape index (κ3) is 3.98. The van der Waals surface area contributed by atoms with Crippen LogP contribution in [0.1, 0.15) is 42.1 Å². The van der Waals surface area contributed by atoms with Crippen LogP contribution in [0.5, 0.6) is 0 Å². The van der Waals surface area contributed by atoms with Gasteiger partial charge >= 0.3 is 0 Å². The maximum atomic E-state index is 12.2. The first kappa shape index (κ1) is 17.2. The Balaban J connectivity index is 2.06. The number of rotatable bonds is 6. The first-order valence-corrected chi connectivity index (χ1v) is 7.81. The van der Waals surface area contributed by atoms with Crippen molar-refractivity contribution in [2.24, 2.45) is 13.0 Å². The summed E-state index contributed by atoms with van der Waals surface area (Å²) in [5.41, 5.74) is 3.98. The van der Waals surface area contributed by atoms with Crippen LogP contribution in [0, 0.1) is 19.8 Å². The number of H-pyrrole nitrogens is 1. The average Bonchev–Trinajstić information content (AvgIpc) is 3.01. The Bertz CT molecular complexity index is 687. The van der Waals surface area contributed by atoms with E-state index in [-0.39, 0.29) is 17.9 Å². The molecule has 7 nitrogen and oxygen atoms in total. The zero-order chi connectivity index (χ0) is 17.1. The number of carbonyl (C=O) groups excluding carboxylic acids is 1. The molecule has 1 amide bonds. The number of hydrogen-bond acceptors (Lipinski definition) is 4. The van der Waals surface area contributed by atoms with E-state index in [1.165, 1.54) is 0 Å². The summed E-state index contributed by atoms with van der Waals surface area (Å²) < 4.78 is 1.80. The van der Waals surface area contributed by atoms with Gasteiger partial charge in [0, 0.05) is 24.8 Å². The normalized spacial score (nSPS) is 13.8. The minimum Gasteiger partial charge on any atom is -0.393 e. The molecule has 0 bridgehead atoms. The fourth-order valence-corrected chi connectivity index (χ4v) is 2.74. The number of aliphatic hydroxyl groups excluding tert-OH is 1. The van der Waals surface area contributed by atoms with E-state index in [1.54, 1.807) is 17.7 Å². The first-order chi connectivity index (χ1) is 10.8. The van der Waals surface area contributed by atoms with Crippen LogP contribution in [0.2, 0.25) is 0 Å². The van der Waals surface area contributed by atoms with E-state index in [2.05, 4.69) is 20.6 Å². The summed E-state index contributed by atoms with van der Waals surface area (Å²) in [5.74, 6) is 0.0181. The van der Waals surface area contributed by atoms with Gasteiger partial charge in [-0.15, -0.1) is 0 Å². The van der Waals surface area contributed by atoms with Crippen LogP contribution in [0.3, 0.4) is 0 Å². The Morgan fingerprint density at radius 1 is 1.43 bits per heavy atom. The lowest BCUT2D eigenvalue weighted by Crippen LogP contribution is -2.29. The van der Waals surface area contributed by atoms with E-state index >= 15 is 0 Å². The topological polar surface area (TPSA) is 95.8 Å². The molecular weight excluding hydrogens is 294 g/mol. The second kappa shape index (κ2) is 6.95. The Kier molecular flexibility index (Phi) is 5.20. The molecule has 2 unspecified atom stereocenters. The molecule has 7 heteroatoms. The molecule has 2 rings (SSSR count). The lowest BCUT2D eigenvalue weighted by Gasteiger charge is -2.13. The predicted octanol–water partition coefficient (Wildman–Crippen LogP) is 1.56. The average molecular weight is 319 g/mol. The maximum Gasteiger partial charge on any atom is 0.269 e. The van der Waals surface area contributed by atoms with E-state index in [9.17, 15) is 9.90 Å². The van der Waals surface area contributed by atoms with E-state index in [0.29, 0.717) is 18.7 Å². The van der Waals surface area contributed by atoms with E-state index in [1.807, 2.05) is 27.8 Å². The Hall–Kier alpha value is -2.15. The van der Waals surface area contributed by atoms with E-state index in [0.717, 1.165) is 22.6 Å². The molecule has 2 aromatic rings. The Morgan fingerprint density at radius 2 is 2.13 bits per heavy atom. The zero-order valence-corrected chi connectivity index (χ0v) is 14.3. The molecule has 3 N–H and O–H groups in total. The van der Waals surface area contributed by atoms with Crippen LogP contribution in [0.15, 0.2) is 6.07 Å². The number of amides is 1. The Morgan fingerprint density at radius 3 is 2.70 bits per heavy atom. The van der Waals surface area contributed by atoms with Crippen molar-refractivity contribution in [1.29, 1.82) is 0 Å². The van der Waals surface area contributed by atoms with Gasteiger partial charge in [-0.25, -0.2) is 0 Å². The van der Waals surface area contributed by atoms with Crippen molar-refractivity contribution in [1.82, 2.24) is 25.3 Å². The van der Waals surface area contributed by atoms with E-state index < -0.39 is 0 Å². The molecule has 0 saturated carbocycles. The van der Waals surface area contributed by atoms with Gasteiger partial charge in [0.15, 0.2) is 0 Å². The molecule has 0 aliphatic rings. The standard InChI is InChI=1S/C16H25N5O2/c1-9(6-10(2)22)8-17-16(23)14-7-13(18-19-14)15-11(3)20-21(5)12(15)4/h7,9-10,22H,6,8H2,1-5H3,(H,17,23)(H,18,19). The first-order valence-electron chi connectivity index (χ1n) is 7.81. The fourth-order valence-electron chi connectivity index (χ4n) is 2.74. The molecule has 2 atom stereocenters. The maximum absolute atomic E-state index is 12.2. The van der Waals surface area contributed by atoms with Gasteiger partial charge < -0.3 is 10.4 Å². The van der Waals surface area contributed by atoms with Crippen LogP contribution in [-0.2, 0) is 7.05 Å². The molecule has 0 spiro atoms. The number of nitrogens with one attached hydrogen (secondary N) is 2. The number of aliphatic hydroxyl groups is 1. The molecule has 0 aliphatic carbocycles. The van der Waals surface area contributed by atoms with Crippen molar-refractivity contribution >= 4 is 5.91 Å². The highest BCUT2D eigenvalue weighted by Crippen LogP contribution is 2.25. The molecular formula is C16H25N5O2. The lowest BCUT2D eigenvalue weighted by molar-refractivity contribution is 0.0934. The summed E-state index contributed by atoms with van der Waals surface area (Å²) in [6.45, 7) is 8.16. The quantitative estimate of drug-likeness (QED) is 0.753. The Labute approximate surface area is 136 Å². The summed E-state index contributed by atoms with van der Waals surface area (Å²) in [5, 5.41) is 23.6. The van der Waals surface area contributed by atoms with Gasteiger partial charge in [0.2, 0.25) is 0 Å². The largest absolute Gasteiger partial charge is 0.393 e. The van der Waals surface area contributed by atoms with Gasteiger partial charge in [-0.05, 0) is 39.2 Å². The third-order valence-electron chi connectivity index (χ3n) is 3.94. The van der Waals surface area contributed by atoms with Crippen molar-refractivity contribution in [3.8, 4) is 11.3 Å². The SMILES string of the molecule is Cc1nn(C)c(C)c1-c1cc(C(=O)NCC(C)CC(C)O)[nH]n1. The molecule has 23 heavy (non-hydrogen) atoms. The second-order valence-corrected chi connectivity index (χ2v) is 6.24. The van der Waals surface area contributed by atoms with Gasteiger partial charge in [0.25, 0.3) is 5.91 Å². The van der Waals surface area contributed by atoms with E-state index in [4.69, 9.17) is 0 Å². The minimum absolute atomic E-state index is 0.194. The van der Waals surface area contributed by atoms with Crippen molar-refractivity contribution in [3.05, 3.63) is 23.1 Å². The van der Waals surface area contributed by atoms with Crippen molar-refractivity contribution in [3.63, 3.8) is 0 Å². The van der Waals surface area contributed by atoms with Gasteiger partial charge in [0.1, 0.15) is 5.69 Å². The molecule has 2 heterocycles. The van der Waals surface area contributed by atoms with Gasteiger partial charge in [-0.3, -0.25) is 14.6 Å². The number of aromatic amines is 1. The lowest BCUT2D eigenvalue weighted by atomic mass is 10.0.